The lowest BCUT2D eigenvalue weighted by Crippen LogP contribution is -2.32. The molecule has 18 heavy (non-hydrogen) atoms. The number of esters is 1. The molecule has 0 N–H and O–H groups in total. The van der Waals surface area contributed by atoms with E-state index in [0.717, 1.165) is 6.26 Å². The monoisotopic (exact) mass is 254 g/mol. The van der Waals surface area contributed by atoms with E-state index in [0.29, 0.717) is 13.2 Å². The van der Waals surface area contributed by atoms with Gasteiger partial charge in [0.1, 0.15) is 19.5 Å². The number of likely N-dealkylation sites (N-methyl/N-ethyl adjacent to an activating group) is 1. The van der Waals surface area contributed by atoms with Gasteiger partial charge in [0.25, 0.3) is 5.91 Å². The minimum Gasteiger partial charge on any atom is -0.493 e. The molecule has 0 atom stereocenters. The molecule has 7 heteroatoms. The van der Waals surface area contributed by atoms with Gasteiger partial charge >= 0.3 is 5.97 Å². The standard InChI is InChI=1S/C11H14N2O5/c1-13(4-2-3-12)10(14)8-18-11(15)9-7-16-5-6-17-9/h7H,2,4-6,8H2,1H3. The van der Waals surface area contributed by atoms with Crippen LogP contribution in [-0.2, 0) is 23.8 Å². The third-order valence-electron chi connectivity index (χ3n) is 2.16. The van der Waals surface area contributed by atoms with Crippen LogP contribution in [0.4, 0.5) is 0 Å². The Morgan fingerprint density at radius 3 is 2.94 bits per heavy atom. The normalized spacial score (nSPS) is 13.4. The molecule has 1 aliphatic rings. The molecule has 0 spiro atoms. The summed E-state index contributed by atoms with van der Waals surface area (Å²) in [6, 6.07) is 1.92. The van der Waals surface area contributed by atoms with Crippen LogP contribution in [0.15, 0.2) is 12.0 Å². The summed E-state index contributed by atoms with van der Waals surface area (Å²) in [4.78, 5) is 24.2. The summed E-state index contributed by atoms with van der Waals surface area (Å²) in [7, 11) is 1.53. The number of amides is 1. The van der Waals surface area contributed by atoms with E-state index >= 15 is 0 Å². The maximum Gasteiger partial charge on any atom is 0.377 e. The molecular formula is C11H14N2O5. The maximum atomic E-state index is 11.5. The van der Waals surface area contributed by atoms with Crippen LogP contribution >= 0.6 is 0 Å². The molecule has 0 aromatic rings. The van der Waals surface area contributed by atoms with Crippen molar-refractivity contribution in [3.8, 4) is 6.07 Å². The third kappa shape index (κ3) is 4.33. The lowest BCUT2D eigenvalue weighted by Gasteiger charge is -2.17. The zero-order valence-electron chi connectivity index (χ0n) is 10.0. The number of nitriles is 1. The predicted octanol–water partition coefficient (Wildman–Crippen LogP) is -0.210. The summed E-state index contributed by atoms with van der Waals surface area (Å²) >= 11 is 0. The van der Waals surface area contributed by atoms with Crippen LogP contribution in [0.5, 0.6) is 0 Å². The molecule has 1 aliphatic heterocycles. The third-order valence-corrected chi connectivity index (χ3v) is 2.16. The Balaban J connectivity index is 2.31. The highest BCUT2D eigenvalue weighted by Crippen LogP contribution is 2.06. The molecule has 0 saturated heterocycles. The molecule has 1 amide bonds. The Hall–Kier alpha value is -2.23. The van der Waals surface area contributed by atoms with Gasteiger partial charge in [-0.3, -0.25) is 4.79 Å². The van der Waals surface area contributed by atoms with Crippen molar-refractivity contribution in [3.05, 3.63) is 12.0 Å². The highest BCUT2D eigenvalue weighted by Gasteiger charge is 2.18. The van der Waals surface area contributed by atoms with E-state index in [-0.39, 0.29) is 31.3 Å². The molecule has 0 aliphatic carbocycles. The van der Waals surface area contributed by atoms with E-state index in [9.17, 15) is 9.59 Å². The average molecular weight is 254 g/mol. The maximum absolute atomic E-state index is 11.5. The van der Waals surface area contributed by atoms with E-state index in [2.05, 4.69) is 0 Å². The predicted molar refractivity (Wildman–Crippen MR) is 58.8 cm³/mol. The van der Waals surface area contributed by atoms with Gasteiger partial charge in [-0.1, -0.05) is 0 Å². The first-order valence-corrected chi connectivity index (χ1v) is 5.37. The lowest BCUT2D eigenvalue weighted by atomic mass is 10.4. The van der Waals surface area contributed by atoms with E-state index in [4.69, 9.17) is 19.5 Å². The van der Waals surface area contributed by atoms with Crippen molar-refractivity contribution in [1.82, 2.24) is 4.90 Å². The fraction of sp³-hybridized carbons (Fsp3) is 0.545. The zero-order valence-corrected chi connectivity index (χ0v) is 10.0. The minimum atomic E-state index is -0.739. The smallest absolute Gasteiger partial charge is 0.377 e. The number of carbonyl (C=O) groups excluding carboxylic acids is 2. The Bertz CT molecular complexity index is 385. The molecule has 1 rings (SSSR count). The molecule has 0 bridgehead atoms. The van der Waals surface area contributed by atoms with Crippen molar-refractivity contribution in [2.24, 2.45) is 0 Å². The fourth-order valence-corrected chi connectivity index (χ4v) is 1.13. The van der Waals surface area contributed by atoms with Gasteiger partial charge in [0, 0.05) is 13.6 Å². The molecule has 98 valence electrons. The number of rotatable bonds is 5. The van der Waals surface area contributed by atoms with E-state index in [1.165, 1.54) is 11.9 Å². The van der Waals surface area contributed by atoms with Crippen LogP contribution in [0, 0.1) is 11.3 Å². The summed E-state index contributed by atoms with van der Waals surface area (Å²) in [5, 5.41) is 8.37. The van der Waals surface area contributed by atoms with Crippen molar-refractivity contribution in [2.75, 3.05) is 33.4 Å². The van der Waals surface area contributed by atoms with Crippen LogP contribution < -0.4 is 0 Å². The molecule has 0 radical (unpaired) electrons. The summed E-state index contributed by atoms with van der Waals surface area (Å²) in [5.74, 6) is -1.17. The molecule has 1 heterocycles. The van der Waals surface area contributed by atoms with E-state index < -0.39 is 5.97 Å². The second kappa shape index (κ2) is 7.17. The van der Waals surface area contributed by atoms with E-state index in [1.54, 1.807) is 0 Å². The van der Waals surface area contributed by atoms with Gasteiger partial charge in [-0.2, -0.15) is 5.26 Å². The van der Waals surface area contributed by atoms with Gasteiger partial charge in [-0.15, -0.1) is 0 Å². The van der Waals surface area contributed by atoms with Gasteiger partial charge in [0.05, 0.1) is 12.5 Å². The van der Waals surface area contributed by atoms with Crippen LogP contribution in [0.3, 0.4) is 0 Å². The van der Waals surface area contributed by atoms with Crippen molar-refractivity contribution in [3.63, 3.8) is 0 Å². The first-order valence-electron chi connectivity index (χ1n) is 5.37. The summed E-state index contributed by atoms with van der Waals surface area (Å²) in [6.07, 6.45) is 1.40. The Labute approximate surface area is 105 Å². The van der Waals surface area contributed by atoms with Crippen molar-refractivity contribution in [1.29, 1.82) is 5.26 Å². The largest absolute Gasteiger partial charge is 0.493 e. The topological polar surface area (TPSA) is 88.9 Å². The van der Waals surface area contributed by atoms with Crippen LogP contribution in [-0.4, -0.2) is 50.2 Å². The quantitative estimate of drug-likeness (QED) is 0.631. The highest BCUT2D eigenvalue weighted by molar-refractivity contribution is 5.88. The van der Waals surface area contributed by atoms with Gasteiger partial charge in [-0.25, -0.2) is 4.79 Å². The van der Waals surface area contributed by atoms with E-state index in [1.807, 2.05) is 6.07 Å². The number of carbonyl (C=O) groups is 2. The Morgan fingerprint density at radius 1 is 1.56 bits per heavy atom. The Morgan fingerprint density at radius 2 is 2.33 bits per heavy atom. The molecular weight excluding hydrogens is 240 g/mol. The summed E-state index contributed by atoms with van der Waals surface area (Å²) in [6.45, 7) is 0.570. The molecule has 0 saturated carbocycles. The number of hydrogen-bond acceptors (Lipinski definition) is 6. The SMILES string of the molecule is CN(CCC#N)C(=O)COC(=O)C1=COCCO1. The van der Waals surface area contributed by atoms with Crippen LogP contribution in [0.1, 0.15) is 6.42 Å². The fourth-order valence-electron chi connectivity index (χ4n) is 1.13. The molecule has 0 fully saturated rings. The summed E-state index contributed by atoms with van der Waals surface area (Å²) in [5.41, 5.74) is 0. The first-order chi connectivity index (χ1) is 8.65. The average Bonchev–Trinajstić information content (AvgIpc) is 2.42. The Kier molecular flexibility index (Phi) is 5.51. The van der Waals surface area contributed by atoms with Crippen molar-refractivity contribution < 1.29 is 23.8 Å². The first kappa shape index (κ1) is 13.8. The lowest BCUT2D eigenvalue weighted by molar-refractivity contribution is -0.152. The molecule has 0 aromatic heterocycles. The number of hydrogen-bond donors (Lipinski definition) is 0. The van der Waals surface area contributed by atoms with Crippen LogP contribution in [0.25, 0.3) is 0 Å². The number of nitrogens with zero attached hydrogens (tertiary/aromatic N) is 2. The van der Waals surface area contributed by atoms with Gasteiger partial charge in [0.2, 0.25) is 5.76 Å². The van der Waals surface area contributed by atoms with Gasteiger partial charge in [0.15, 0.2) is 6.61 Å². The van der Waals surface area contributed by atoms with Crippen molar-refractivity contribution >= 4 is 11.9 Å². The molecule has 7 nitrogen and oxygen atoms in total. The summed E-state index contributed by atoms with van der Waals surface area (Å²) < 4.78 is 14.6. The van der Waals surface area contributed by atoms with Crippen molar-refractivity contribution in [2.45, 2.75) is 6.42 Å². The molecule has 0 unspecified atom stereocenters. The highest BCUT2D eigenvalue weighted by atomic mass is 16.6. The zero-order chi connectivity index (χ0) is 13.4. The van der Waals surface area contributed by atoms with Gasteiger partial charge in [-0.05, 0) is 0 Å². The number of ether oxygens (including phenoxy) is 3. The second-order valence-corrected chi connectivity index (χ2v) is 3.50. The second-order valence-electron chi connectivity index (χ2n) is 3.50. The van der Waals surface area contributed by atoms with Gasteiger partial charge < -0.3 is 19.1 Å². The van der Waals surface area contributed by atoms with Crippen LogP contribution in [0.2, 0.25) is 0 Å². The molecule has 0 aromatic carbocycles. The minimum absolute atomic E-state index is 0.0475.